The minimum Gasteiger partial charge on any atom is -0.305 e. The highest BCUT2D eigenvalue weighted by Gasteiger charge is 2.17. The van der Waals surface area contributed by atoms with Gasteiger partial charge in [-0.1, -0.05) is 12.1 Å². The fourth-order valence-electron chi connectivity index (χ4n) is 3.69. The lowest BCUT2D eigenvalue weighted by Crippen LogP contribution is -2.10. The number of benzene rings is 1. The van der Waals surface area contributed by atoms with E-state index in [9.17, 15) is 4.79 Å². The second kappa shape index (κ2) is 7.44. The summed E-state index contributed by atoms with van der Waals surface area (Å²) in [4.78, 5) is 36.4. The Labute approximate surface area is 190 Å². The fourth-order valence-corrected chi connectivity index (χ4v) is 5.20. The second-order valence-corrected chi connectivity index (χ2v) is 9.51. The third-order valence-corrected chi connectivity index (χ3v) is 7.01. The van der Waals surface area contributed by atoms with Crippen molar-refractivity contribution in [2.75, 3.05) is 0 Å². The van der Waals surface area contributed by atoms with Crippen LogP contribution >= 0.6 is 22.7 Å². The zero-order valence-electron chi connectivity index (χ0n) is 16.9. The quantitative estimate of drug-likeness (QED) is 0.372. The number of hydrogen-bond donors (Lipinski definition) is 1. The molecule has 0 amide bonds. The summed E-state index contributed by atoms with van der Waals surface area (Å²) in [7, 11) is 0. The van der Waals surface area contributed by atoms with Crippen molar-refractivity contribution in [3.8, 4) is 32.4 Å². The van der Waals surface area contributed by atoms with E-state index in [0.29, 0.717) is 21.7 Å². The number of nitrogens with one attached hydrogen (secondary N) is 1. The van der Waals surface area contributed by atoms with Gasteiger partial charge in [0.1, 0.15) is 16.2 Å². The highest BCUT2D eigenvalue weighted by atomic mass is 32.1. The van der Waals surface area contributed by atoms with E-state index in [2.05, 4.69) is 34.0 Å². The summed E-state index contributed by atoms with van der Waals surface area (Å²) in [6.07, 6.45) is 3.47. The van der Waals surface area contributed by atoms with E-state index in [1.165, 1.54) is 16.2 Å². The number of pyridine rings is 2. The number of fused-ring (bicyclic) bond motifs is 2. The van der Waals surface area contributed by atoms with E-state index in [1.54, 1.807) is 29.8 Å². The van der Waals surface area contributed by atoms with Gasteiger partial charge in [-0.3, -0.25) is 9.78 Å². The molecule has 0 atom stereocenters. The van der Waals surface area contributed by atoms with Gasteiger partial charge in [0.2, 0.25) is 0 Å². The summed E-state index contributed by atoms with van der Waals surface area (Å²) in [5.41, 5.74) is 4.74. The van der Waals surface area contributed by atoms with Crippen molar-refractivity contribution in [3.63, 3.8) is 0 Å². The standard InChI is InChI=1S/C24H15N5OS2/c1-13-4-7-19(32-13)21-20(15-5-6-17-14(11-15)3-2-8-25-17)27-18-12-16(24-26-9-10-31-24)23(30)29-22(18)28-21/h2-12H,1H3,(H,28,29,30). The number of thiophene rings is 1. The molecule has 6 rings (SSSR count). The average molecular weight is 454 g/mol. The summed E-state index contributed by atoms with van der Waals surface area (Å²) in [5.74, 6) is 0. The van der Waals surface area contributed by atoms with Gasteiger partial charge in [0.15, 0.2) is 5.65 Å². The Morgan fingerprint density at radius 2 is 1.84 bits per heavy atom. The number of rotatable bonds is 3. The highest BCUT2D eigenvalue weighted by Crippen LogP contribution is 2.35. The van der Waals surface area contributed by atoms with Gasteiger partial charge in [0.25, 0.3) is 5.56 Å². The van der Waals surface area contributed by atoms with Gasteiger partial charge in [-0.15, -0.1) is 22.7 Å². The number of nitrogens with zero attached hydrogens (tertiary/aromatic N) is 4. The number of aryl methyl sites for hydroxylation is 1. The Hall–Kier alpha value is -3.75. The molecule has 0 aliphatic carbocycles. The van der Waals surface area contributed by atoms with Crippen molar-refractivity contribution in [1.82, 2.24) is 24.9 Å². The van der Waals surface area contributed by atoms with Crippen molar-refractivity contribution >= 4 is 44.7 Å². The number of H-pyrrole nitrogens is 1. The Morgan fingerprint density at radius 1 is 0.906 bits per heavy atom. The molecule has 0 bridgehead atoms. The number of hydrogen-bond acceptors (Lipinski definition) is 7. The van der Waals surface area contributed by atoms with Crippen molar-refractivity contribution in [2.24, 2.45) is 0 Å². The van der Waals surface area contributed by atoms with Crippen molar-refractivity contribution in [1.29, 1.82) is 0 Å². The molecule has 1 aromatic carbocycles. The molecule has 0 saturated heterocycles. The van der Waals surface area contributed by atoms with Gasteiger partial charge in [0.05, 0.1) is 21.7 Å². The molecule has 0 aliphatic rings. The first kappa shape index (κ1) is 19.0. The predicted molar refractivity (Wildman–Crippen MR) is 130 cm³/mol. The van der Waals surface area contributed by atoms with Gasteiger partial charge in [-0.05, 0) is 43.3 Å². The maximum Gasteiger partial charge on any atom is 0.260 e. The van der Waals surface area contributed by atoms with Crippen molar-refractivity contribution < 1.29 is 0 Å². The maximum atomic E-state index is 12.7. The molecule has 0 saturated carbocycles. The molecule has 6 aromatic rings. The normalized spacial score (nSPS) is 11.4. The summed E-state index contributed by atoms with van der Waals surface area (Å²) < 4.78 is 0. The Kier molecular flexibility index (Phi) is 4.41. The van der Waals surface area contributed by atoms with Gasteiger partial charge in [0, 0.05) is 33.6 Å². The van der Waals surface area contributed by atoms with Gasteiger partial charge >= 0.3 is 0 Å². The Bertz CT molecular complexity index is 1670. The molecule has 8 heteroatoms. The topological polar surface area (TPSA) is 84.4 Å². The third kappa shape index (κ3) is 3.21. The van der Waals surface area contributed by atoms with Crippen LogP contribution in [0.1, 0.15) is 4.88 Å². The van der Waals surface area contributed by atoms with E-state index >= 15 is 0 Å². The molecule has 0 aliphatic heterocycles. The minimum atomic E-state index is -0.223. The predicted octanol–water partition coefficient (Wildman–Crippen LogP) is 5.69. The van der Waals surface area contributed by atoms with Crippen LogP contribution in [0, 0.1) is 6.92 Å². The van der Waals surface area contributed by atoms with Crippen LogP contribution in [-0.2, 0) is 0 Å². The second-order valence-electron chi connectivity index (χ2n) is 7.33. The minimum absolute atomic E-state index is 0.223. The zero-order valence-corrected chi connectivity index (χ0v) is 18.5. The van der Waals surface area contributed by atoms with Crippen LogP contribution in [0.15, 0.2) is 71.1 Å². The van der Waals surface area contributed by atoms with E-state index in [-0.39, 0.29) is 5.56 Å². The third-order valence-electron chi connectivity index (χ3n) is 5.19. The van der Waals surface area contributed by atoms with Crippen LogP contribution in [0.4, 0.5) is 0 Å². The summed E-state index contributed by atoms with van der Waals surface area (Å²) in [5, 5.41) is 3.54. The lowest BCUT2D eigenvalue weighted by Gasteiger charge is -2.10. The SMILES string of the molecule is Cc1ccc(-c2nc3[nH]c(=O)c(-c4nccs4)cc3nc2-c2ccc3ncccc3c2)s1. The average Bonchev–Trinajstić information content (AvgIpc) is 3.49. The van der Waals surface area contributed by atoms with Crippen LogP contribution < -0.4 is 5.56 Å². The molecule has 5 aromatic heterocycles. The first-order valence-electron chi connectivity index (χ1n) is 9.92. The summed E-state index contributed by atoms with van der Waals surface area (Å²) >= 11 is 3.07. The van der Waals surface area contributed by atoms with Gasteiger partial charge in [-0.25, -0.2) is 15.0 Å². The molecular formula is C24H15N5OS2. The summed E-state index contributed by atoms with van der Waals surface area (Å²) in [6.45, 7) is 2.06. The van der Waals surface area contributed by atoms with Crippen LogP contribution in [0.25, 0.3) is 54.5 Å². The van der Waals surface area contributed by atoms with E-state index in [1.807, 2.05) is 35.7 Å². The van der Waals surface area contributed by atoms with Crippen LogP contribution in [-0.4, -0.2) is 24.9 Å². The van der Waals surface area contributed by atoms with Gasteiger partial charge < -0.3 is 4.98 Å². The van der Waals surface area contributed by atoms with Crippen molar-refractivity contribution in [3.05, 3.63) is 81.5 Å². The molecular weight excluding hydrogens is 438 g/mol. The number of thiazole rings is 1. The molecule has 1 N–H and O–H groups in total. The first-order chi connectivity index (χ1) is 15.7. The first-order valence-corrected chi connectivity index (χ1v) is 11.6. The lowest BCUT2D eigenvalue weighted by molar-refractivity contribution is 1.19. The lowest BCUT2D eigenvalue weighted by atomic mass is 10.1. The van der Waals surface area contributed by atoms with E-state index in [4.69, 9.17) is 9.97 Å². The maximum absolute atomic E-state index is 12.7. The molecule has 154 valence electrons. The number of aromatic amines is 1. The van der Waals surface area contributed by atoms with Gasteiger partial charge in [-0.2, -0.15) is 0 Å². The van der Waals surface area contributed by atoms with Crippen molar-refractivity contribution in [2.45, 2.75) is 6.92 Å². The van der Waals surface area contributed by atoms with E-state index in [0.717, 1.165) is 32.7 Å². The highest BCUT2D eigenvalue weighted by molar-refractivity contribution is 7.15. The van der Waals surface area contributed by atoms with Crippen LogP contribution in [0.2, 0.25) is 0 Å². The molecule has 5 heterocycles. The molecule has 0 fully saturated rings. The van der Waals surface area contributed by atoms with E-state index < -0.39 is 0 Å². The Balaban J connectivity index is 1.64. The molecule has 0 unspecified atom stereocenters. The smallest absolute Gasteiger partial charge is 0.260 e. The molecule has 0 radical (unpaired) electrons. The molecule has 0 spiro atoms. The van der Waals surface area contributed by atoms with Crippen LogP contribution in [0.5, 0.6) is 0 Å². The molecule has 32 heavy (non-hydrogen) atoms. The monoisotopic (exact) mass is 453 g/mol. The van der Waals surface area contributed by atoms with Crippen LogP contribution in [0.3, 0.4) is 0 Å². The largest absolute Gasteiger partial charge is 0.305 e. The molecule has 6 nitrogen and oxygen atoms in total. The fraction of sp³-hybridized carbons (Fsp3) is 0.0417. The number of aromatic nitrogens is 5. The summed E-state index contributed by atoms with van der Waals surface area (Å²) in [6, 6.07) is 15.9. The zero-order chi connectivity index (χ0) is 21.7. The Morgan fingerprint density at radius 3 is 2.66 bits per heavy atom.